The maximum Gasteiger partial charge on any atom is 0.169 e. The molecule has 5 heteroatoms. The quantitative estimate of drug-likeness (QED) is 0.752. The Morgan fingerprint density at radius 2 is 2.11 bits per heavy atom. The highest BCUT2D eigenvalue weighted by atomic mass is 32.1. The fourth-order valence-electron chi connectivity index (χ4n) is 1.48. The van der Waals surface area contributed by atoms with Crippen LogP contribution < -0.4 is 9.47 Å². The first-order valence-electron chi connectivity index (χ1n) is 5.49. The van der Waals surface area contributed by atoms with Crippen molar-refractivity contribution in [2.24, 2.45) is 0 Å². The van der Waals surface area contributed by atoms with Crippen LogP contribution in [0.3, 0.4) is 0 Å². The molecule has 0 aliphatic heterocycles. The fourth-order valence-corrected chi connectivity index (χ4v) is 2.20. The molecular formula is C13H13NO3S. The number of benzene rings is 1. The summed E-state index contributed by atoms with van der Waals surface area (Å²) < 4.78 is 10.8. The summed E-state index contributed by atoms with van der Waals surface area (Å²) in [5.74, 6) is 1.43. The highest BCUT2D eigenvalue weighted by Crippen LogP contribution is 2.25. The van der Waals surface area contributed by atoms with Crippen molar-refractivity contribution in [3.05, 3.63) is 40.3 Å². The molecule has 0 N–H and O–H groups in total. The molecule has 2 rings (SSSR count). The number of ether oxygens (including phenoxy) is 2. The lowest BCUT2D eigenvalue weighted by Crippen LogP contribution is -2.02. The zero-order chi connectivity index (χ0) is 12.8. The molecule has 0 atom stereocenters. The Balaban J connectivity index is 1.90. The maximum atomic E-state index is 10.5. The van der Waals surface area contributed by atoms with Gasteiger partial charge < -0.3 is 9.47 Å². The predicted molar refractivity (Wildman–Crippen MR) is 69.7 cm³/mol. The molecule has 0 aliphatic carbocycles. The Kier molecular flexibility index (Phi) is 4.30. The van der Waals surface area contributed by atoms with Gasteiger partial charge in [0.05, 0.1) is 18.7 Å². The number of aldehydes is 1. The first-order valence-corrected chi connectivity index (χ1v) is 6.37. The maximum absolute atomic E-state index is 10.5. The number of nitrogens with zero attached hydrogens (tertiary/aromatic N) is 1. The largest absolute Gasteiger partial charge is 0.493 e. The lowest BCUT2D eigenvalue weighted by molar-refractivity contribution is 0.111. The molecular weight excluding hydrogens is 250 g/mol. The summed E-state index contributed by atoms with van der Waals surface area (Å²) in [4.78, 5) is 14.6. The Hall–Kier alpha value is -1.88. The molecule has 94 valence electrons. The van der Waals surface area contributed by atoms with E-state index in [1.54, 1.807) is 12.5 Å². The first kappa shape index (κ1) is 12.6. The van der Waals surface area contributed by atoms with Crippen molar-refractivity contribution in [3.63, 3.8) is 0 Å². The second kappa shape index (κ2) is 6.16. The minimum Gasteiger partial charge on any atom is -0.493 e. The SMILES string of the molecule is COc1ccccc1OCCc1nc(C=O)cs1. The van der Waals surface area contributed by atoms with Gasteiger partial charge in [0.2, 0.25) is 0 Å². The zero-order valence-electron chi connectivity index (χ0n) is 9.96. The van der Waals surface area contributed by atoms with Gasteiger partial charge in [0.1, 0.15) is 5.69 Å². The van der Waals surface area contributed by atoms with Crippen LogP contribution in [0.15, 0.2) is 29.6 Å². The molecule has 0 fully saturated rings. The molecule has 0 saturated heterocycles. The van der Waals surface area contributed by atoms with E-state index in [-0.39, 0.29) is 0 Å². The Labute approximate surface area is 109 Å². The third-order valence-electron chi connectivity index (χ3n) is 2.33. The number of hydrogen-bond acceptors (Lipinski definition) is 5. The smallest absolute Gasteiger partial charge is 0.169 e. The standard InChI is InChI=1S/C13H13NO3S/c1-16-11-4-2-3-5-12(11)17-7-6-13-14-10(8-15)9-18-13/h2-5,8-9H,6-7H2,1H3. The van der Waals surface area contributed by atoms with E-state index in [9.17, 15) is 4.79 Å². The fraction of sp³-hybridized carbons (Fsp3) is 0.231. The van der Waals surface area contributed by atoms with Crippen LogP contribution in [0.4, 0.5) is 0 Å². The number of aromatic nitrogens is 1. The second-order valence-electron chi connectivity index (χ2n) is 3.53. The molecule has 0 spiro atoms. The monoisotopic (exact) mass is 263 g/mol. The number of para-hydroxylation sites is 2. The second-order valence-corrected chi connectivity index (χ2v) is 4.48. The van der Waals surface area contributed by atoms with Crippen molar-refractivity contribution in [2.75, 3.05) is 13.7 Å². The van der Waals surface area contributed by atoms with Crippen LogP contribution in [-0.2, 0) is 6.42 Å². The van der Waals surface area contributed by atoms with Gasteiger partial charge >= 0.3 is 0 Å². The predicted octanol–water partition coefficient (Wildman–Crippen LogP) is 2.59. The van der Waals surface area contributed by atoms with E-state index in [2.05, 4.69) is 4.98 Å². The summed E-state index contributed by atoms with van der Waals surface area (Å²) in [6, 6.07) is 7.50. The molecule has 0 aliphatic rings. The molecule has 1 heterocycles. The lowest BCUT2D eigenvalue weighted by Gasteiger charge is -2.09. The van der Waals surface area contributed by atoms with Crippen molar-refractivity contribution in [3.8, 4) is 11.5 Å². The highest BCUT2D eigenvalue weighted by molar-refractivity contribution is 7.09. The molecule has 0 amide bonds. The van der Waals surface area contributed by atoms with Crippen molar-refractivity contribution < 1.29 is 14.3 Å². The van der Waals surface area contributed by atoms with Crippen molar-refractivity contribution >= 4 is 17.6 Å². The van der Waals surface area contributed by atoms with E-state index >= 15 is 0 Å². The number of thiazole rings is 1. The Morgan fingerprint density at radius 3 is 2.78 bits per heavy atom. The molecule has 1 aromatic carbocycles. The summed E-state index contributed by atoms with van der Waals surface area (Å²) in [5, 5.41) is 2.64. The molecule has 0 radical (unpaired) electrons. The van der Waals surface area contributed by atoms with Crippen molar-refractivity contribution in [1.29, 1.82) is 0 Å². The van der Waals surface area contributed by atoms with Gasteiger partial charge in [0, 0.05) is 11.8 Å². The molecule has 4 nitrogen and oxygen atoms in total. The third-order valence-corrected chi connectivity index (χ3v) is 3.26. The number of carbonyl (C=O) groups is 1. The minimum absolute atomic E-state index is 0.479. The number of rotatable bonds is 6. The average molecular weight is 263 g/mol. The normalized spacial score (nSPS) is 10.1. The summed E-state index contributed by atoms with van der Waals surface area (Å²) in [6.07, 6.45) is 1.43. The van der Waals surface area contributed by atoms with Crippen LogP contribution in [0, 0.1) is 0 Å². The van der Waals surface area contributed by atoms with Gasteiger partial charge in [-0.15, -0.1) is 11.3 Å². The summed E-state index contributed by atoms with van der Waals surface area (Å²) in [6.45, 7) is 0.506. The van der Waals surface area contributed by atoms with Gasteiger partial charge in [0.25, 0.3) is 0 Å². The van der Waals surface area contributed by atoms with Crippen LogP contribution in [0.2, 0.25) is 0 Å². The Morgan fingerprint density at radius 1 is 1.33 bits per heavy atom. The molecule has 0 saturated carbocycles. The van der Waals surface area contributed by atoms with Crippen LogP contribution in [0.25, 0.3) is 0 Å². The number of methoxy groups -OCH3 is 1. The number of carbonyl (C=O) groups excluding carboxylic acids is 1. The van der Waals surface area contributed by atoms with E-state index in [0.29, 0.717) is 30.2 Å². The topological polar surface area (TPSA) is 48.4 Å². The van der Waals surface area contributed by atoms with E-state index in [1.807, 2.05) is 24.3 Å². The average Bonchev–Trinajstić information content (AvgIpc) is 2.87. The van der Waals surface area contributed by atoms with Gasteiger partial charge in [0.15, 0.2) is 17.8 Å². The number of hydrogen-bond donors (Lipinski definition) is 0. The molecule has 2 aromatic rings. The summed E-state index contributed by atoms with van der Waals surface area (Å²) >= 11 is 1.47. The summed E-state index contributed by atoms with van der Waals surface area (Å²) in [5.41, 5.74) is 0.479. The van der Waals surface area contributed by atoms with E-state index in [1.165, 1.54) is 11.3 Å². The van der Waals surface area contributed by atoms with E-state index < -0.39 is 0 Å². The van der Waals surface area contributed by atoms with Gasteiger partial charge in [-0.2, -0.15) is 0 Å². The summed E-state index contributed by atoms with van der Waals surface area (Å²) in [7, 11) is 1.61. The first-order chi connectivity index (χ1) is 8.83. The van der Waals surface area contributed by atoms with E-state index in [0.717, 1.165) is 11.3 Å². The van der Waals surface area contributed by atoms with Gasteiger partial charge in [-0.1, -0.05) is 12.1 Å². The van der Waals surface area contributed by atoms with Crippen LogP contribution in [-0.4, -0.2) is 25.0 Å². The van der Waals surface area contributed by atoms with E-state index in [4.69, 9.17) is 9.47 Å². The van der Waals surface area contributed by atoms with Crippen LogP contribution in [0.5, 0.6) is 11.5 Å². The van der Waals surface area contributed by atoms with Gasteiger partial charge in [-0.3, -0.25) is 4.79 Å². The molecule has 1 aromatic heterocycles. The third kappa shape index (κ3) is 3.07. The van der Waals surface area contributed by atoms with Crippen molar-refractivity contribution in [2.45, 2.75) is 6.42 Å². The highest BCUT2D eigenvalue weighted by Gasteiger charge is 2.04. The van der Waals surface area contributed by atoms with Crippen molar-refractivity contribution in [1.82, 2.24) is 4.98 Å². The lowest BCUT2D eigenvalue weighted by atomic mass is 10.3. The minimum atomic E-state index is 0.479. The molecule has 0 bridgehead atoms. The van der Waals surface area contributed by atoms with Crippen LogP contribution in [0.1, 0.15) is 15.5 Å². The Bertz CT molecular complexity index is 524. The molecule has 0 unspecified atom stereocenters. The van der Waals surface area contributed by atoms with Gasteiger partial charge in [-0.25, -0.2) is 4.98 Å². The molecule has 18 heavy (non-hydrogen) atoms. The van der Waals surface area contributed by atoms with Gasteiger partial charge in [-0.05, 0) is 12.1 Å². The van der Waals surface area contributed by atoms with Crippen LogP contribution >= 0.6 is 11.3 Å². The zero-order valence-corrected chi connectivity index (χ0v) is 10.8.